The van der Waals surface area contributed by atoms with Crippen LogP contribution in [-0.2, 0) is 26.2 Å². The van der Waals surface area contributed by atoms with Gasteiger partial charge in [-0.15, -0.1) is 0 Å². The number of carbonyl (C=O) groups is 2. The number of nitrogens with one attached hydrogen (secondary N) is 1. The molecule has 2 amide bonds. The molecule has 0 aliphatic carbocycles. The van der Waals surface area contributed by atoms with Crippen molar-refractivity contribution < 1.29 is 26.8 Å². The molecule has 0 bridgehead atoms. The number of likely N-dealkylation sites (N-methyl/N-ethyl adjacent to an activating group) is 1. The lowest BCUT2D eigenvalue weighted by atomic mass is 10.1. The molecule has 1 unspecified atom stereocenters. The van der Waals surface area contributed by atoms with Crippen molar-refractivity contribution in [2.24, 2.45) is 0 Å². The van der Waals surface area contributed by atoms with E-state index in [9.17, 15) is 26.8 Å². The maximum absolute atomic E-state index is 13.7. The van der Waals surface area contributed by atoms with Gasteiger partial charge in [-0.05, 0) is 67.4 Å². The summed E-state index contributed by atoms with van der Waals surface area (Å²) in [5.74, 6) is -2.05. The Morgan fingerprint density at radius 3 is 1.97 bits per heavy atom. The van der Waals surface area contributed by atoms with Gasteiger partial charge in [0, 0.05) is 13.1 Å². The van der Waals surface area contributed by atoms with E-state index in [1.165, 1.54) is 29.2 Å². The van der Waals surface area contributed by atoms with E-state index in [2.05, 4.69) is 5.32 Å². The second-order valence-electron chi connectivity index (χ2n) is 8.27. The molecule has 0 fully saturated rings. The van der Waals surface area contributed by atoms with Crippen LogP contribution in [-0.4, -0.2) is 44.3 Å². The zero-order chi connectivity index (χ0) is 27.0. The van der Waals surface area contributed by atoms with E-state index >= 15 is 0 Å². The Kier molecular flexibility index (Phi) is 9.35. The van der Waals surface area contributed by atoms with Crippen molar-refractivity contribution in [2.45, 2.75) is 37.8 Å². The molecule has 3 aromatic rings. The molecule has 1 atom stereocenters. The summed E-state index contributed by atoms with van der Waals surface area (Å²) in [4.78, 5) is 27.7. The molecule has 0 aliphatic rings. The fraction of sp³-hybridized carbons (Fsp3) is 0.259. The fourth-order valence-corrected chi connectivity index (χ4v) is 5.27. The Balaban J connectivity index is 2.02. The van der Waals surface area contributed by atoms with Crippen molar-refractivity contribution >= 4 is 27.5 Å². The second-order valence-corrected chi connectivity index (χ2v) is 10.1. The minimum atomic E-state index is -4.27. The summed E-state index contributed by atoms with van der Waals surface area (Å²) in [5, 5.41) is 2.71. The van der Waals surface area contributed by atoms with Gasteiger partial charge in [0.15, 0.2) is 0 Å². The van der Waals surface area contributed by atoms with Crippen molar-refractivity contribution in [3.63, 3.8) is 0 Å². The predicted octanol–water partition coefficient (Wildman–Crippen LogP) is 4.10. The summed E-state index contributed by atoms with van der Waals surface area (Å²) in [6.07, 6.45) is 0.273. The molecule has 0 aromatic heterocycles. The molecule has 3 rings (SSSR count). The first-order valence-electron chi connectivity index (χ1n) is 11.8. The van der Waals surface area contributed by atoms with E-state index < -0.39 is 40.2 Å². The van der Waals surface area contributed by atoms with E-state index in [-0.39, 0.29) is 29.5 Å². The normalized spacial score (nSPS) is 12.0. The zero-order valence-electron chi connectivity index (χ0n) is 20.6. The van der Waals surface area contributed by atoms with Gasteiger partial charge < -0.3 is 10.2 Å². The van der Waals surface area contributed by atoms with Gasteiger partial charge in [-0.25, -0.2) is 17.2 Å². The van der Waals surface area contributed by atoms with Gasteiger partial charge in [-0.2, -0.15) is 0 Å². The Hall–Kier alpha value is -3.79. The van der Waals surface area contributed by atoms with Crippen LogP contribution in [0.3, 0.4) is 0 Å². The number of benzene rings is 3. The number of sulfonamides is 1. The van der Waals surface area contributed by atoms with Gasteiger partial charge in [-0.3, -0.25) is 13.9 Å². The maximum atomic E-state index is 13.7. The number of hydrogen-bond donors (Lipinski definition) is 1. The Labute approximate surface area is 215 Å². The fourth-order valence-electron chi connectivity index (χ4n) is 3.85. The third kappa shape index (κ3) is 6.91. The smallest absolute Gasteiger partial charge is 0.264 e. The maximum Gasteiger partial charge on any atom is 0.264 e. The number of para-hydroxylation sites is 1. The molecule has 0 spiro atoms. The second kappa shape index (κ2) is 12.4. The van der Waals surface area contributed by atoms with Crippen LogP contribution in [0.5, 0.6) is 0 Å². The van der Waals surface area contributed by atoms with Gasteiger partial charge in [0.25, 0.3) is 10.0 Å². The third-order valence-corrected chi connectivity index (χ3v) is 7.52. The Morgan fingerprint density at radius 1 is 0.865 bits per heavy atom. The van der Waals surface area contributed by atoms with Crippen LogP contribution in [0.2, 0.25) is 0 Å². The molecular weight excluding hydrogens is 500 g/mol. The van der Waals surface area contributed by atoms with E-state index in [1.54, 1.807) is 44.2 Å². The average Bonchev–Trinajstić information content (AvgIpc) is 2.89. The lowest BCUT2D eigenvalue weighted by Gasteiger charge is -2.33. The highest BCUT2D eigenvalue weighted by Gasteiger charge is 2.33. The first-order valence-corrected chi connectivity index (χ1v) is 13.3. The predicted molar refractivity (Wildman–Crippen MR) is 137 cm³/mol. The molecule has 0 saturated carbocycles. The van der Waals surface area contributed by atoms with Crippen LogP contribution >= 0.6 is 0 Å². The number of anilines is 1. The zero-order valence-corrected chi connectivity index (χ0v) is 21.4. The Bertz CT molecular complexity index is 1300. The highest BCUT2D eigenvalue weighted by atomic mass is 32.2. The van der Waals surface area contributed by atoms with E-state index in [0.717, 1.165) is 28.6 Å². The van der Waals surface area contributed by atoms with Crippen molar-refractivity contribution in [1.29, 1.82) is 0 Å². The summed E-state index contributed by atoms with van der Waals surface area (Å²) < 4.78 is 55.1. The molecule has 0 radical (unpaired) electrons. The average molecular weight is 530 g/mol. The van der Waals surface area contributed by atoms with Crippen LogP contribution in [0.1, 0.15) is 25.8 Å². The molecule has 37 heavy (non-hydrogen) atoms. The van der Waals surface area contributed by atoms with Crippen molar-refractivity contribution in [2.75, 3.05) is 17.4 Å². The number of rotatable bonds is 11. The third-order valence-electron chi connectivity index (χ3n) is 5.73. The molecule has 0 saturated heterocycles. The van der Waals surface area contributed by atoms with E-state index in [4.69, 9.17) is 0 Å². The first-order chi connectivity index (χ1) is 17.7. The highest BCUT2D eigenvalue weighted by molar-refractivity contribution is 7.92. The Morgan fingerprint density at radius 2 is 1.43 bits per heavy atom. The van der Waals surface area contributed by atoms with Gasteiger partial charge >= 0.3 is 0 Å². The van der Waals surface area contributed by atoms with Gasteiger partial charge in [0.2, 0.25) is 11.8 Å². The van der Waals surface area contributed by atoms with Crippen LogP contribution in [0, 0.1) is 11.6 Å². The van der Waals surface area contributed by atoms with Crippen LogP contribution in [0.4, 0.5) is 14.5 Å². The lowest BCUT2D eigenvalue weighted by Crippen LogP contribution is -2.52. The van der Waals surface area contributed by atoms with Gasteiger partial charge in [0.1, 0.15) is 24.2 Å². The van der Waals surface area contributed by atoms with Gasteiger partial charge in [-0.1, -0.05) is 37.3 Å². The topological polar surface area (TPSA) is 86.8 Å². The molecule has 0 aliphatic heterocycles. The van der Waals surface area contributed by atoms with Gasteiger partial charge in [0.05, 0.1) is 10.6 Å². The monoisotopic (exact) mass is 529 g/mol. The number of amides is 2. The SMILES string of the molecule is CCNC(=O)C(CC)N(Cc1ccc(F)cc1)C(=O)CN(c1ccccc1)S(=O)(=O)c1ccc(F)cc1. The molecular formula is C27H29F2N3O4S. The summed E-state index contributed by atoms with van der Waals surface area (Å²) in [6.45, 7) is 3.20. The van der Waals surface area contributed by atoms with E-state index in [0.29, 0.717) is 12.1 Å². The number of nitrogens with zero attached hydrogens (tertiary/aromatic N) is 2. The molecule has 10 heteroatoms. The largest absolute Gasteiger partial charge is 0.355 e. The highest BCUT2D eigenvalue weighted by Crippen LogP contribution is 2.25. The number of hydrogen-bond acceptors (Lipinski definition) is 4. The molecule has 1 N–H and O–H groups in total. The minimum Gasteiger partial charge on any atom is -0.355 e. The summed E-state index contributed by atoms with van der Waals surface area (Å²) >= 11 is 0. The molecule has 196 valence electrons. The van der Waals surface area contributed by atoms with Crippen LogP contribution in [0.15, 0.2) is 83.8 Å². The van der Waals surface area contributed by atoms with Crippen LogP contribution < -0.4 is 9.62 Å². The minimum absolute atomic E-state index is 0.0338. The number of carbonyl (C=O) groups excluding carboxylic acids is 2. The standard InChI is InChI=1S/C27H29F2N3O4S/c1-3-25(27(34)30-4-2)31(18-20-10-12-21(28)13-11-20)26(33)19-32(23-8-6-5-7-9-23)37(35,36)24-16-14-22(29)15-17-24/h5-17,25H,3-4,18-19H2,1-2H3,(H,30,34). The van der Waals surface area contributed by atoms with Crippen molar-refractivity contribution in [1.82, 2.24) is 10.2 Å². The summed E-state index contributed by atoms with van der Waals surface area (Å²) in [6, 6.07) is 17.0. The van der Waals surface area contributed by atoms with Crippen LogP contribution in [0.25, 0.3) is 0 Å². The van der Waals surface area contributed by atoms with E-state index in [1.807, 2.05) is 0 Å². The lowest BCUT2D eigenvalue weighted by molar-refractivity contribution is -0.140. The molecule has 3 aromatic carbocycles. The first kappa shape index (κ1) is 27.8. The number of halogens is 2. The molecule has 0 heterocycles. The molecule has 7 nitrogen and oxygen atoms in total. The summed E-state index contributed by atoms with van der Waals surface area (Å²) in [7, 11) is -4.27. The van der Waals surface area contributed by atoms with Crippen molar-refractivity contribution in [3.05, 3.63) is 96.1 Å². The summed E-state index contributed by atoms with van der Waals surface area (Å²) in [5.41, 5.74) is 0.804. The quantitative estimate of drug-likeness (QED) is 0.405. The van der Waals surface area contributed by atoms with Crippen molar-refractivity contribution in [3.8, 4) is 0 Å².